The Hall–Kier alpha value is -1.14. The molecule has 1 aliphatic carbocycles. The van der Waals surface area contributed by atoms with Crippen molar-refractivity contribution in [3.63, 3.8) is 0 Å². The Morgan fingerprint density at radius 1 is 1.29 bits per heavy atom. The Morgan fingerprint density at radius 3 is 2.48 bits per heavy atom. The van der Waals surface area contributed by atoms with Gasteiger partial charge in [0.25, 0.3) is 15.0 Å². The van der Waals surface area contributed by atoms with Crippen molar-refractivity contribution >= 4 is 25.6 Å². The van der Waals surface area contributed by atoms with Crippen molar-refractivity contribution in [2.45, 2.75) is 43.5 Å². The van der Waals surface area contributed by atoms with Gasteiger partial charge in [0.1, 0.15) is 5.82 Å². The van der Waals surface area contributed by atoms with Crippen molar-refractivity contribution in [3.8, 4) is 0 Å². The molecule has 0 aromatic heterocycles. The maximum absolute atomic E-state index is 13.7. The summed E-state index contributed by atoms with van der Waals surface area (Å²) >= 11 is 0. The van der Waals surface area contributed by atoms with E-state index in [1.54, 1.807) is 0 Å². The second-order valence-electron chi connectivity index (χ2n) is 5.51. The first-order valence-corrected chi connectivity index (χ1v) is 9.13. The predicted octanol–water partition coefficient (Wildman–Crippen LogP) is 3.06. The monoisotopic (exact) mass is 333 g/mol. The van der Waals surface area contributed by atoms with Gasteiger partial charge in [-0.3, -0.25) is 4.79 Å². The van der Waals surface area contributed by atoms with E-state index in [1.165, 1.54) is 0 Å². The average molecular weight is 334 g/mol. The fraction of sp³-hybridized carbons (Fsp3) is 0.500. The SMILES string of the molecule is CC1CCC(NC(=O)c2cc(S(=O)(=O)Cl)ccc2F)CC1. The molecule has 0 heterocycles. The van der Waals surface area contributed by atoms with Gasteiger partial charge in [-0.05, 0) is 49.8 Å². The predicted molar refractivity (Wildman–Crippen MR) is 78.3 cm³/mol. The molecule has 1 N–H and O–H groups in total. The van der Waals surface area contributed by atoms with E-state index in [2.05, 4.69) is 12.2 Å². The van der Waals surface area contributed by atoms with Crippen molar-refractivity contribution in [2.75, 3.05) is 0 Å². The number of carbonyl (C=O) groups is 1. The molecule has 0 bridgehead atoms. The maximum atomic E-state index is 13.7. The Morgan fingerprint density at radius 2 is 1.90 bits per heavy atom. The van der Waals surface area contributed by atoms with Crippen LogP contribution in [0.4, 0.5) is 4.39 Å². The van der Waals surface area contributed by atoms with E-state index in [0.29, 0.717) is 5.92 Å². The molecular weight excluding hydrogens is 317 g/mol. The van der Waals surface area contributed by atoms with Gasteiger partial charge in [0.2, 0.25) is 0 Å². The zero-order chi connectivity index (χ0) is 15.6. The van der Waals surface area contributed by atoms with Crippen molar-refractivity contribution in [1.29, 1.82) is 0 Å². The maximum Gasteiger partial charge on any atom is 0.261 e. The summed E-state index contributed by atoms with van der Waals surface area (Å²) in [5.41, 5.74) is -0.296. The van der Waals surface area contributed by atoms with Crippen LogP contribution >= 0.6 is 10.7 Å². The molecule has 0 radical (unpaired) electrons. The fourth-order valence-corrected chi connectivity index (χ4v) is 3.27. The van der Waals surface area contributed by atoms with Gasteiger partial charge < -0.3 is 5.32 Å². The lowest BCUT2D eigenvalue weighted by atomic mass is 9.87. The summed E-state index contributed by atoms with van der Waals surface area (Å²) < 4.78 is 36.2. The van der Waals surface area contributed by atoms with E-state index in [-0.39, 0.29) is 16.5 Å². The summed E-state index contributed by atoms with van der Waals surface area (Å²) in [5, 5.41) is 2.76. The molecule has 7 heteroatoms. The highest BCUT2D eigenvalue weighted by Crippen LogP contribution is 2.24. The average Bonchev–Trinajstić information content (AvgIpc) is 2.40. The number of amides is 1. The second kappa shape index (κ2) is 6.32. The minimum atomic E-state index is -3.99. The van der Waals surface area contributed by atoms with Crippen LogP contribution in [-0.4, -0.2) is 20.4 Å². The molecule has 0 atom stereocenters. The minimum absolute atomic E-state index is 0.00404. The number of hydrogen-bond acceptors (Lipinski definition) is 3. The first-order chi connectivity index (χ1) is 9.77. The lowest BCUT2D eigenvalue weighted by Gasteiger charge is -2.27. The number of nitrogens with one attached hydrogen (secondary N) is 1. The summed E-state index contributed by atoms with van der Waals surface area (Å²) in [5.74, 6) is -0.727. The summed E-state index contributed by atoms with van der Waals surface area (Å²) in [6.45, 7) is 2.16. The molecule has 0 aliphatic heterocycles. The van der Waals surface area contributed by atoms with Crippen molar-refractivity contribution in [1.82, 2.24) is 5.32 Å². The van der Waals surface area contributed by atoms with Crippen molar-refractivity contribution < 1.29 is 17.6 Å². The van der Waals surface area contributed by atoms with Crippen LogP contribution in [0, 0.1) is 11.7 Å². The molecule has 0 spiro atoms. The van der Waals surface area contributed by atoms with Crippen LogP contribution in [-0.2, 0) is 9.05 Å². The van der Waals surface area contributed by atoms with Gasteiger partial charge >= 0.3 is 0 Å². The van der Waals surface area contributed by atoms with Gasteiger partial charge in [0.05, 0.1) is 10.5 Å². The molecule has 1 fully saturated rings. The van der Waals surface area contributed by atoms with E-state index in [4.69, 9.17) is 10.7 Å². The summed E-state index contributed by atoms with van der Waals surface area (Å²) in [4.78, 5) is 11.8. The highest BCUT2D eigenvalue weighted by molar-refractivity contribution is 8.13. The first kappa shape index (κ1) is 16.2. The molecule has 1 aromatic rings. The van der Waals surface area contributed by atoms with E-state index < -0.39 is 20.8 Å². The summed E-state index contributed by atoms with van der Waals surface area (Å²) in [6, 6.07) is 2.95. The molecule has 1 amide bonds. The third kappa shape index (κ3) is 4.17. The van der Waals surface area contributed by atoms with Crippen LogP contribution in [0.25, 0.3) is 0 Å². The molecule has 1 aromatic carbocycles. The van der Waals surface area contributed by atoms with Gasteiger partial charge in [-0.1, -0.05) is 6.92 Å². The van der Waals surface area contributed by atoms with Crippen LogP contribution in [0.2, 0.25) is 0 Å². The number of hydrogen-bond donors (Lipinski definition) is 1. The number of carbonyl (C=O) groups excluding carboxylic acids is 1. The zero-order valence-corrected chi connectivity index (χ0v) is 13.2. The summed E-state index contributed by atoms with van der Waals surface area (Å²) in [6.07, 6.45) is 3.73. The Labute approximate surface area is 128 Å². The normalized spacial score (nSPS) is 22.8. The molecular formula is C14H17ClFNO3S. The third-order valence-electron chi connectivity index (χ3n) is 3.82. The smallest absolute Gasteiger partial charge is 0.261 e. The van der Waals surface area contributed by atoms with Crippen LogP contribution in [0.1, 0.15) is 43.0 Å². The molecule has 116 valence electrons. The van der Waals surface area contributed by atoms with Crippen LogP contribution in [0.3, 0.4) is 0 Å². The van der Waals surface area contributed by atoms with Gasteiger partial charge in [-0.2, -0.15) is 0 Å². The molecule has 2 rings (SSSR count). The molecule has 0 unspecified atom stereocenters. The molecule has 21 heavy (non-hydrogen) atoms. The highest BCUT2D eigenvalue weighted by Gasteiger charge is 2.23. The van der Waals surface area contributed by atoms with E-state index in [1.807, 2.05) is 0 Å². The lowest BCUT2D eigenvalue weighted by molar-refractivity contribution is 0.0918. The second-order valence-corrected chi connectivity index (χ2v) is 8.08. The molecule has 1 aliphatic rings. The van der Waals surface area contributed by atoms with Gasteiger partial charge in [0.15, 0.2) is 0 Å². The van der Waals surface area contributed by atoms with Crippen molar-refractivity contribution in [3.05, 3.63) is 29.6 Å². The van der Waals surface area contributed by atoms with Crippen LogP contribution in [0.5, 0.6) is 0 Å². The third-order valence-corrected chi connectivity index (χ3v) is 5.17. The number of halogens is 2. The first-order valence-electron chi connectivity index (χ1n) is 6.82. The van der Waals surface area contributed by atoms with Crippen molar-refractivity contribution in [2.24, 2.45) is 5.92 Å². The topological polar surface area (TPSA) is 63.2 Å². The largest absolute Gasteiger partial charge is 0.349 e. The molecule has 1 saturated carbocycles. The number of benzene rings is 1. The van der Waals surface area contributed by atoms with E-state index >= 15 is 0 Å². The minimum Gasteiger partial charge on any atom is -0.349 e. The van der Waals surface area contributed by atoms with E-state index in [9.17, 15) is 17.6 Å². The standard InChI is InChI=1S/C14H17ClFNO3S/c1-9-2-4-10(5-3-9)17-14(18)12-8-11(21(15,19)20)6-7-13(12)16/h6-10H,2-5H2,1H3,(H,17,18). The number of rotatable bonds is 3. The Kier molecular flexibility index (Phi) is 4.88. The van der Waals surface area contributed by atoms with Gasteiger partial charge in [0, 0.05) is 16.7 Å². The Bertz CT molecular complexity index is 640. The highest BCUT2D eigenvalue weighted by atomic mass is 35.7. The molecule has 4 nitrogen and oxygen atoms in total. The van der Waals surface area contributed by atoms with Crippen LogP contribution in [0.15, 0.2) is 23.1 Å². The quantitative estimate of drug-likeness (QED) is 0.865. The zero-order valence-electron chi connectivity index (χ0n) is 11.6. The summed E-state index contributed by atoms with van der Waals surface area (Å²) in [7, 11) is 1.22. The van der Waals surface area contributed by atoms with Gasteiger partial charge in [-0.15, -0.1) is 0 Å². The van der Waals surface area contributed by atoms with Gasteiger partial charge in [-0.25, -0.2) is 12.8 Å². The Balaban J connectivity index is 2.15. The van der Waals surface area contributed by atoms with E-state index in [0.717, 1.165) is 43.9 Å². The fourth-order valence-electron chi connectivity index (χ4n) is 2.50. The lowest BCUT2D eigenvalue weighted by Crippen LogP contribution is -2.37. The van der Waals surface area contributed by atoms with Crippen LogP contribution < -0.4 is 5.32 Å². The molecule has 0 saturated heterocycles.